The molecule has 0 aromatic heterocycles. The molecule has 0 aliphatic rings. The lowest BCUT2D eigenvalue weighted by Gasteiger charge is -2.38. The second-order valence-corrected chi connectivity index (χ2v) is 5.24. The van der Waals surface area contributed by atoms with Crippen LogP contribution in [0.25, 0.3) is 0 Å². The Balaban J connectivity index is 4.47. The average Bonchev–Trinajstić information content (AvgIpc) is 2.24. The van der Waals surface area contributed by atoms with Crippen molar-refractivity contribution in [3.05, 3.63) is 12.1 Å². The molecule has 6 heteroatoms. The van der Waals surface area contributed by atoms with E-state index < -0.39 is 24.6 Å². The van der Waals surface area contributed by atoms with Crippen LogP contribution in [-0.4, -0.2) is 48.0 Å². The first-order valence-corrected chi connectivity index (χ1v) is 6.63. The van der Waals surface area contributed by atoms with E-state index in [9.17, 15) is 10.1 Å². The number of rotatable bonds is 9. The SMILES string of the molecule is CCOC(/C=C/B(O)OC(C)(C)C(C)(C)O)OCC. The number of hydrogen-bond donors (Lipinski definition) is 2. The fourth-order valence-electron chi connectivity index (χ4n) is 1.16. The molecule has 0 saturated heterocycles. The lowest BCUT2D eigenvalue weighted by atomic mass is 9.83. The third kappa shape index (κ3) is 7.08. The summed E-state index contributed by atoms with van der Waals surface area (Å²) in [6, 6.07) is 0. The predicted octanol–water partition coefficient (Wildman–Crippen LogP) is 1.53. The van der Waals surface area contributed by atoms with Crippen LogP contribution in [0.1, 0.15) is 41.5 Å². The van der Waals surface area contributed by atoms with Gasteiger partial charge in [-0.05, 0) is 47.6 Å². The molecule has 0 fully saturated rings. The molecule has 0 heterocycles. The smallest absolute Gasteiger partial charge is 0.423 e. The molecule has 0 spiro atoms. The van der Waals surface area contributed by atoms with Gasteiger partial charge in [0.2, 0.25) is 0 Å². The summed E-state index contributed by atoms with van der Waals surface area (Å²) in [5.74, 6) is 1.45. The Morgan fingerprint density at radius 1 is 1.11 bits per heavy atom. The quantitative estimate of drug-likeness (QED) is 0.493. The highest BCUT2D eigenvalue weighted by atomic mass is 16.7. The van der Waals surface area contributed by atoms with Crippen LogP contribution in [0.15, 0.2) is 12.1 Å². The van der Waals surface area contributed by atoms with Gasteiger partial charge in [0, 0.05) is 13.2 Å². The first kappa shape index (κ1) is 18.6. The van der Waals surface area contributed by atoms with Crippen LogP contribution in [0.3, 0.4) is 0 Å². The summed E-state index contributed by atoms with van der Waals surface area (Å²) in [6.07, 6.45) is 1.09. The minimum absolute atomic E-state index is 0.501. The van der Waals surface area contributed by atoms with E-state index in [0.29, 0.717) is 13.2 Å². The highest BCUT2D eigenvalue weighted by Gasteiger charge is 2.38. The molecule has 0 rings (SSSR count). The van der Waals surface area contributed by atoms with Crippen molar-refractivity contribution in [3.8, 4) is 0 Å². The molecule has 0 saturated carbocycles. The molecule has 0 aliphatic carbocycles. The van der Waals surface area contributed by atoms with Crippen molar-refractivity contribution >= 4 is 7.12 Å². The topological polar surface area (TPSA) is 68.2 Å². The summed E-state index contributed by atoms with van der Waals surface area (Å²) >= 11 is 0. The Hall–Kier alpha value is -0.395. The van der Waals surface area contributed by atoms with E-state index in [1.54, 1.807) is 33.8 Å². The Kier molecular flexibility index (Phi) is 7.85. The summed E-state index contributed by atoms with van der Waals surface area (Å²) in [6.45, 7) is 11.5. The van der Waals surface area contributed by atoms with E-state index in [-0.39, 0.29) is 0 Å². The lowest BCUT2D eigenvalue weighted by Crippen LogP contribution is -2.50. The zero-order chi connectivity index (χ0) is 15.1. The maximum Gasteiger partial charge on any atom is 0.483 e. The zero-order valence-corrected chi connectivity index (χ0v) is 12.8. The van der Waals surface area contributed by atoms with Crippen molar-refractivity contribution in [2.24, 2.45) is 0 Å². The Labute approximate surface area is 116 Å². The van der Waals surface area contributed by atoms with Crippen LogP contribution in [0.5, 0.6) is 0 Å². The average molecular weight is 274 g/mol. The Bertz CT molecular complexity index is 267. The Morgan fingerprint density at radius 3 is 1.95 bits per heavy atom. The molecule has 0 aromatic rings. The van der Waals surface area contributed by atoms with Gasteiger partial charge in [-0.3, -0.25) is 0 Å². The molecular weight excluding hydrogens is 247 g/mol. The van der Waals surface area contributed by atoms with Gasteiger partial charge in [-0.15, -0.1) is 0 Å². The lowest BCUT2D eigenvalue weighted by molar-refractivity contribution is -0.104. The number of aliphatic hydroxyl groups is 1. The van der Waals surface area contributed by atoms with Gasteiger partial charge in [0.25, 0.3) is 0 Å². The second-order valence-electron chi connectivity index (χ2n) is 5.24. The van der Waals surface area contributed by atoms with Gasteiger partial charge in [-0.1, -0.05) is 5.98 Å². The molecule has 112 valence electrons. The van der Waals surface area contributed by atoms with Gasteiger partial charge in [-0.25, -0.2) is 0 Å². The van der Waals surface area contributed by atoms with Crippen molar-refractivity contribution in [2.75, 3.05) is 13.2 Å². The van der Waals surface area contributed by atoms with Crippen LogP contribution in [0.4, 0.5) is 0 Å². The summed E-state index contributed by atoms with van der Waals surface area (Å²) in [4.78, 5) is 0. The van der Waals surface area contributed by atoms with E-state index in [1.165, 1.54) is 5.98 Å². The van der Waals surface area contributed by atoms with E-state index >= 15 is 0 Å². The molecule has 0 unspecified atom stereocenters. The minimum Gasteiger partial charge on any atom is -0.423 e. The van der Waals surface area contributed by atoms with Gasteiger partial charge in [0.15, 0.2) is 6.29 Å². The van der Waals surface area contributed by atoms with Crippen LogP contribution in [0.2, 0.25) is 0 Å². The molecule has 0 radical (unpaired) electrons. The largest absolute Gasteiger partial charge is 0.483 e. The molecule has 0 atom stereocenters. The van der Waals surface area contributed by atoms with Crippen LogP contribution >= 0.6 is 0 Å². The highest BCUT2D eigenvalue weighted by molar-refractivity contribution is 6.49. The molecule has 0 aromatic carbocycles. The van der Waals surface area contributed by atoms with Gasteiger partial charge in [-0.2, -0.15) is 0 Å². The fraction of sp³-hybridized carbons (Fsp3) is 0.846. The number of ether oxygens (including phenoxy) is 2. The predicted molar refractivity (Wildman–Crippen MR) is 75.6 cm³/mol. The summed E-state index contributed by atoms with van der Waals surface area (Å²) in [5.41, 5.74) is -1.95. The first-order valence-electron chi connectivity index (χ1n) is 6.63. The molecule has 2 N–H and O–H groups in total. The van der Waals surface area contributed by atoms with Crippen LogP contribution < -0.4 is 0 Å². The number of hydrogen-bond acceptors (Lipinski definition) is 5. The van der Waals surface area contributed by atoms with Gasteiger partial charge >= 0.3 is 7.12 Å². The van der Waals surface area contributed by atoms with Gasteiger partial charge < -0.3 is 24.3 Å². The van der Waals surface area contributed by atoms with Crippen molar-refractivity contribution in [1.82, 2.24) is 0 Å². The standard InChI is InChI=1S/C13H27BO5/c1-7-17-11(18-8-2)9-10-14(16)19-13(5,6)12(3,4)15/h9-11,15-16H,7-8H2,1-6H3/b10-9+. The monoisotopic (exact) mass is 274 g/mol. The molecule has 0 amide bonds. The van der Waals surface area contributed by atoms with Gasteiger partial charge in [0.05, 0.1) is 11.2 Å². The van der Waals surface area contributed by atoms with Crippen molar-refractivity contribution in [1.29, 1.82) is 0 Å². The van der Waals surface area contributed by atoms with E-state index in [0.717, 1.165) is 0 Å². The molecular formula is C13H27BO5. The molecule has 5 nitrogen and oxygen atoms in total. The van der Waals surface area contributed by atoms with E-state index in [2.05, 4.69) is 0 Å². The van der Waals surface area contributed by atoms with Gasteiger partial charge in [0.1, 0.15) is 0 Å². The maximum atomic E-state index is 9.93. The van der Waals surface area contributed by atoms with E-state index in [1.807, 2.05) is 13.8 Å². The summed E-state index contributed by atoms with van der Waals surface area (Å²) in [7, 11) is -1.13. The normalized spacial score (nSPS) is 13.5. The van der Waals surface area contributed by atoms with Crippen LogP contribution in [0, 0.1) is 0 Å². The Morgan fingerprint density at radius 2 is 1.58 bits per heavy atom. The third-order valence-electron chi connectivity index (χ3n) is 2.98. The van der Waals surface area contributed by atoms with Crippen LogP contribution in [-0.2, 0) is 14.1 Å². The zero-order valence-electron chi connectivity index (χ0n) is 12.8. The summed E-state index contributed by atoms with van der Waals surface area (Å²) < 4.78 is 16.0. The maximum absolute atomic E-state index is 9.93. The minimum atomic E-state index is -1.13. The fourth-order valence-corrected chi connectivity index (χ4v) is 1.16. The third-order valence-corrected chi connectivity index (χ3v) is 2.98. The second kappa shape index (κ2) is 8.02. The van der Waals surface area contributed by atoms with Crippen molar-refractivity contribution in [3.63, 3.8) is 0 Å². The summed E-state index contributed by atoms with van der Waals surface area (Å²) in [5, 5.41) is 19.7. The molecule has 0 aliphatic heterocycles. The van der Waals surface area contributed by atoms with Crippen molar-refractivity contribution < 1.29 is 24.3 Å². The molecule has 19 heavy (non-hydrogen) atoms. The molecule has 0 bridgehead atoms. The van der Waals surface area contributed by atoms with Crippen molar-refractivity contribution in [2.45, 2.75) is 59.0 Å². The first-order chi connectivity index (χ1) is 8.64. The van der Waals surface area contributed by atoms with E-state index in [4.69, 9.17) is 14.1 Å². The highest BCUT2D eigenvalue weighted by Crippen LogP contribution is 2.25.